The van der Waals surface area contributed by atoms with E-state index in [9.17, 15) is 4.79 Å². The summed E-state index contributed by atoms with van der Waals surface area (Å²) in [5.41, 5.74) is 2.60. The molecule has 0 heterocycles. The summed E-state index contributed by atoms with van der Waals surface area (Å²) in [6.07, 6.45) is 0. The molecule has 0 unspecified atom stereocenters. The van der Waals surface area contributed by atoms with Crippen LogP contribution in [0.5, 0.6) is 11.5 Å². The summed E-state index contributed by atoms with van der Waals surface area (Å²) < 4.78 is 13.3. The lowest BCUT2D eigenvalue weighted by Gasteiger charge is -2.14. The normalized spacial score (nSPS) is 10.4. The molecule has 6 heteroatoms. The molecule has 144 valence electrons. The molecule has 0 aliphatic heterocycles. The van der Waals surface area contributed by atoms with Crippen LogP contribution in [0.4, 0.5) is 5.69 Å². The van der Waals surface area contributed by atoms with Gasteiger partial charge in [-0.3, -0.25) is 4.79 Å². The molecule has 4 nitrogen and oxygen atoms in total. The number of para-hydroxylation sites is 2. The molecule has 3 aromatic carbocycles. The van der Waals surface area contributed by atoms with Gasteiger partial charge in [-0.25, -0.2) is 0 Å². The fraction of sp³-hybridized carbons (Fsp3) is 0.136. The Morgan fingerprint density at radius 1 is 0.964 bits per heavy atom. The van der Waals surface area contributed by atoms with Crippen LogP contribution in [0.1, 0.15) is 11.1 Å². The molecule has 0 saturated carbocycles. The highest BCUT2D eigenvalue weighted by Crippen LogP contribution is 2.32. The van der Waals surface area contributed by atoms with Crippen LogP contribution in [0.15, 0.2) is 75.7 Å². The van der Waals surface area contributed by atoms with E-state index in [0.717, 1.165) is 20.1 Å². The van der Waals surface area contributed by atoms with E-state index >= 15 is 0 Å². The number of aryl methyl sites for hydroxylation is 1. The van der Waals surface area contributed by atoms with Crippen molar-refractivity contribution in [1.82, 2.24) is 0 Å². The van der Waals surface area contributed by atoms with Gasteiger partial charge in [0.15, 0.2) is 6.61 Å². The second-order valence-corrected chi connectivity index (χ2v) is 7.91. The second-order valence-electron chi connectivity index (χ2n) is 6.14. The standard InChI is InChI=1S/C22H19Br2NO3/c1-15-11-17(23)12-18(24)22(15)28-14-21(26)25-19-9-5-6-10-20(19)27-13-16-7-3-2-4-8-16/h2-12H,13-14H2,1H3,(H,25,26). The average molecular weight is 505 g/mol. The van der Waals surface area contributed by atoms with E-state index in [0.29, 0.717) is 23.8 Å². The van der Waals surface area contributed by atoms with Crippen molar-refractivity contribution in [2.45, 2.75) is 13.5 Å². The van der Waals surface area contributed by atoms with Gasteiger partial charge in [-0.1, -0.05) is 58.4 Å². The highest BCUT2D eigenvalue weighted by atomic mass is 79.9. The first-order valence-electron chi connectivity index (χ1n) is 8.67. The van der Waals surface area contributed by atoms with Gasteiger partial charge in [0.2, 0.25) is 0 Å². The monoisotopic (exact) mass is 503 g/mol. The summed E-state index contributed by atoms with van der Waals surface area (Å²) in [7, 11) is 0. The first-order chi connectivity index (χ1) is 13.5. The zero-order valence-corrected chi connectivity index (χ0v) is 18.4. The van der Waals surface area contributed by atoms with E-state index in [1.54, 1.807) is 6.07 Å². The number of carbonyl (C=O) groups is 1. The van der Waals surface area contributed by atoms with Crippen molar-refractivity contribution in [3.05, 3.63) is 86.8 Å². The molecule has 0 aliphatic rings. The number of carbonyl (C=O) groups excluding carboxylic acids is 1. The Hall–Kier alpha value is -2.31. The third-order valence-electron chi connectivity index (χ3n) is 3.94. The molecular formula is C22H19Br2NO3. The SMILES string of the molecule is Cc1cc(Br)cc(Br)c1OCC(=O)Nc1ccccc1OCc1ccccc1. The van der Waals surface area contributed by atoms with Crippen molar-refractivity contribution in [2.75, 3.05) is 11.9 Å². The van der Waals surface area contributed by atoms with Gasteiger partial charge in [-0.05, 0) is 58.2 Å². The smallest absolute Gasteiger partial charge is 0.262 e. The summed E-state index contributed by atoms with van der Waals surface area (Å²) in [5.74, 6) is 0.998. The highest BCUT2D eigenvalue weighted by molar-refractivity contribution is 9.11. The Morgan fingerprint density at radius 3 is 2.43 bits per heavy atom. The van der Waals surface area contributed by atoms with Crippen LogP contribution in [-0.2, 0) is 11.4 Å². The van der Waals surface area contributed by atoms with Crippen molar-refractivity contribution >= 4 is 43.5 Å². The summed E-state index contributed by atoms with van der Waals surface area (Å²) in [5, 5.41) is 2.85. The van der Waals surface area contributed by atoms with Gasteiger partial charge in [-0.15, -0.1) is 0 Å². The van der Waals surface area contributed by atoms with E-state index in [1.807, 2.05) is 67.6 Å². The maximum absolute atomic E-state index is 12.4. The van der Waals surface area contributed by atoms with Crippen molar-refractivity contribution in [3.63, 3.8) is 0 Å². The topological polar surface area (TPSA) is 47.6 Å². The van der Waals surface area contributed by atoms with Gasteiger partial charge in [-0.2, -0.15) is 0 Å². The summed E-state index contributed by atoms with van der Waals surface area (Å²) in [4.78, 5) is 12.4. The molecule has 28 heavy (non-hydrogen) atoms. The van der Waals surface area contributed by atoms with Crippen LogP contribution in [0.25, 0.3) is 0 Å². The number of halogens is 2. The van der Waals surface area contributed by atoms with E-state index < -0.39 is 0 Å². The average Bonchev–Trinajstić information content (AvgIpc) is 2.67. The lowest BCUT2D eigenvalue weighted by atomic mass is 10.2. The molecule has 1 N–H and O–H groups in total. The summed E-state index contributed by atoms with van der Waals surface area (Å²) in [6.45, 7) is 2.25. The number of nitrogens with one attached hydrogen (secondary N) is 1. The maximum atomic E-state index is 12.4. The number of anilines is 1. The molecule has 0 aliphatic carbocycles. The largest absolute Gasteiger partial charge is 0.487 e. The van der Waals surface area contributed by atoms with E-state index in [-0.39, 0.29) is 12.5 Å². The minimum Gasteiger partial charge on any atom is -0.487 e. The van der Waals surface area contributed by atoms with Gasteiger partial charge in [0.1, 0.15) is 18.1 Å². The van der Waals surface area contributed by atoms with Gasteiger partial charge in [0.25, 0.3) is 5.91 Å². The number of rotatable bonds is 7. The van der Waals surface area contributed by atoms with Crippen LogP contribution in [0, 0.1) is 6.92 Å². The molecule has 0 spiro atoms. The highest BCUT2D eigenvalue weighted by Gasteiger charge is 2.12. The fourth-order valence-corrected chi connectivity index (χ4v) is 4.18. The second kappa shape index (κ2) is 9.75. The fourth-order valence-electron chi connectivity index (χ4n) is 2.63. The van der Waals surface area contributed by atoms with Gasteiger partial charge >= 0.3 is 0 Å². The molecular weight excluding hydrogens is 486 g/mol. The lowest BCUT2D eigenvalue weighted by Crippen LogP contribution is -2.21. The maximum Gasteiger partial charge on any atom is 0.262 e. The Labute approximate surface area is 181 Å². The first kappa shape index (κ1) is 20.4. The Balaban J connectivity index is 1.61. The Bertz CT molecular complexity index is 938. The quantitative estimate of drug-likeness (QED) is 0.421. The van der Waals surface area contributed by atoms with Crippen LogP contribution in [-0.4, -0.2) is 12.5 Å². The molecule has 3 aromatic rings. The molecule has 3 rings (SSSR count). The summed E-state index contributed by atoms with van der Waals surface area (Å²) in [6, 6.07) is 21.0. The number of ether oxygens (including phenoxy) is 2. The first-order valence-corrected chi connectivity index (χ1v) is 10.3. The Morgan fingerprint density at radius 2 is 1.68 bits per heavy atom. The zero-order chi connectivity index (χ0) is 19.9. The minimum atomic E-state index is -0.259. The molecule has 0 fully saturated rings. The number of hydrogen-bond donors (Lipinski definition) is 1. The number of amides is 1. The van der Waals surface area contributed by atoms with Crippen LogP contribution in [0.2, 0.25) is 0 Å². The number of benzene rings is 3. The van der Waals surface area contributed by atoms with Crippen molar-refractivity contribution in [1.29, 1.82) is 0 Å². The number of hydrogen-bond acceptors (Lipinski definition) is 3. The molecule has 0 bridgehead atoms. The predicted octanol–water partition coefficient (Wildman–Crippen LogP) is 6.12. The van der Waals surface area contributed by atoms with Gasteiger partial charge in [0, 0.05) is 4.47 Å². The summed E-state index contributed by atoms with van der Waals surface area (Å²) >= 11 is 6.89. The van der Waals surface area contributed by atoms with E-state index in [2.05, 4.69) is 37.2 Å². The molecule has 0 atom stereocenters. The van der Waals surface area contributed by atoms with Crippen molar-refractivity contribution in [3.8, 4) is 11.5 Å². The van der Waals surface area contributed by atoms with Crippen LogP contribution in [0.3, 0.4) is 0 Å². The van der Waals surface area contributed by atoms with Crippen LogP contribution >= 0.6 is 31.9 Å². The minimum absolute atomic E-state index is 0.103. The molecule has 0 aromatic heterocycles. The third kappa shape index (κ3) is 5.59. The third-order valence-corrected chi connectivity index (χ3v) is 4.99. The zero-order valence-electron chi connectivity index (χ0n) is 15.2. The molecule has 0 saturated heterocycles. The Kier molecular flexibility index (Phi) is 7.12. The lowest BCUT2D eigenvalue weighted by molar-refractivity contribution is -0.118. The predicted molar refractivity (Wildman–Crippen MR) is 118 cm³/mol. The van der Waals surface area contributed by atoms with Crippen molar-refractivity contribution in [2.24, 2.45) is 0 Å². The van der Waals surface area contributed by atoms with E-state index in [1.165, 1.54) is 0 Å². The molecule has 0 radical (unpaired) electrons. The van der Waals surface area contributed by atoms with Gasteiger partial charge in [0.05, 0.1) is 10.2 Å². The van der Waals surface area contributed by atoms with E-state index in [4.69, 9.17) is 9.47 Å². The molecule has 1 amide bonds. The van der Waals surface area contributed by atoms with Crippen molar-refractivity contribution < 1.29 is 14.3 Å². The van der Waals surface area contributed by atoms with Crippen LogP contribution < -0.4 is 14.8 Å². The van der Waals surface area contributed by atoms with Gasteiger partial charge < -0.3 is 14.8 Å².